The molecule has 2 rings (SSSR count). The van der Waals surface area contributed by atoms with Crippen LogP contribution in [0.2, 0.25) is 5.02 Å². The fraction of sp³-hybridized carbons (Fsp3) is 0.167. The summed E-state index contributed by atoms with van der Waals surface area (Å²) in [6.45, 7) is 0. The quantitative estimate of drug-likeness (QED) is 0.851. The van der Waals surface area contributed by atoms with Crippen LogP contribution in [-0.4, -0.2) is 16.0 Å². The molecule has 0 saturated carbocycles. The molecule has 0 aliphatic carbocycles. The van der Waals surface area contributed by atoms with Gasteiger partial charge >= 0.3 is 6.18 Å². The molecule has 0 unspecified atom stereocenters. The molecular weight excluding hydrogens is 295 g/mol. The number of rotatable bonds is 2. The van der Waals surface area contributed by atoms with E-state index in [9.17, 15) is 18.0 Å². The third-order valence-electron chi connectivity index (χ3n) is 2.54. The van der Waals surface area contributed by atoms with Gasteiger partial charge in [-0.25, -0.2) is 0 Å². The van der Waals surface area contributed by atoms with E-state index in [-0.39, 0.29) is 0 Å². The van der Waals surface area contributed by atoms with Gasteiger partial charge in [-0.2, -0.15) is 13.2 Å². The molecule has 1 aromatic carbocycles. The second-order valence-corrected chi connectivity index (χ2v) is 4.43. The van der Waals surface area contributed by atoms with Crippen LogP contribution in [0.3, 0.4) is 0 Å². The Labute approximate surface area is 116 Å². The van der Waals surface area contributed by atoms with Gasteiger partial charge in [0.2, 0.25) is 0 Å². The molecule has 0 amide bonds. The molecule has 0 aliphatic rings. The number of aromatic amines is 1. The van der Waals surface area contributed by atoms with Crippen LogP contribution >= 0.6 is 11.6 Å². The lowest BCUT2D eigenvalue weighted by molar-refractivity contribution is -0.141. The zero-order valence-electron chi connectivity index (χ0n) is 10.2. The summed E-state index contributed by atoms with van der Waals surface area (Å²) in [6, 6.07) is 6.16. The highest BCUT2D eigenvalue weighted by Crippen LogP contribution is 2.28. The molecule has 8 heteroatoms. The van der Waals surface area contributed by atoms with Gasteiger partial charge in [0, 0.05) is 18.3 Å². The first kappa shape index (κ1) is 14.4. The van der Waals surface area contributed by atoms with E-state index >= 15 is 0 Å². The number of nitrogens with one attached hydrogen (secondary N) is 1. The molecule has 0 radical (unpaired) electrons. The number of aryl methyl sites for hydroxylation is 1. The number of nitrogens with zero attached hydrogens (tertiary/aromatic N) is 2. The standard InChI is InChI=1S/C12H9ClF3N3O/c1-19-11(20)9(10(18-19)12(14,15)16)6-17-8-4-2-7(13)3-5-8/h2-6,18H,1H3. The zero-order valence-corrected chi connectivity index (χ0v) is 11.0. The van der Waals surface area contributed by atoms with Crippen molar-refractivity contribution in [3.8, 4) is 0 Å². The van der Waals surface area contributed by atoms with Crippen LogP contribution in [0, 0.1) is 0 Å². The minimum atomic E-state index is -4.65. The highest BCUT2D eigenvalue weighted by molar-refractivity contribution is 6.30. The van der Waals surface area contributed by atoms with Crippen molar-refractivity contribution in [2.75, 3.05) is 0 Å². The first-order valence-electron chi connectivity index (χ1n) is 5.45. The van der Waals surface area contributed by atoms with Crippen LogP contribution in [0.15, 0.2) is 34.1 Å². The Morgan fingerprint density at radius 1 is 1.30 bits per heavy atom. The summed E-state index contributed by atoms with van der Waals surface area (Å²) in [5, 5.41) is 2.45. The van der Waals surface area contributed by atoms with E-state index in [0.717, 1.165) is 10.9 Å². The number of aliphatic imine (C=N–C) groups is 1. The molecular formula is C12H9ClF3N3O. The van der Waals surface area contributed by atoms with Gasteiger partial charge in [0.25, 0.3) is 5.56 Å². The van der Waals surface area contributed by atoms with Crippen molar-refractivity contribution in [2.45, 2.75) is 6.18 Å². The van der Waals surface area contributed by atoms with Crippen molar-refractivity contribution in [2.24, 2.45) is 12.0 Å². The molecule has 20 heavy (non-hydrogen) atoms. The molecule has 0 spiro atoms. The number of hydrogen-bond acceptors (Lipinski definition) is 2. The van der Waals surface area contributed by atoms with E-state index in [4.69, 9.17) is 11.6 Å². The highest BCUT2D eigenvalue weighted by Gasteiger charge is 2.37. The second-order valence-electron chi connectivity index (χ2n) is 4.00. The lowest BCUT2D eigenvalue weighted by Crippen LogP contribution is -2.15. The van der Waals surface area contributed by atoms with Gasteiger partial charge in [0.05, 0.1) is 11.3 Å². The molecule has 0 bridgehead atoms. The number of H-pyrrole nitrogens is 1. The largest absolute Gasteiger partial charge is 0.433 e. The molecule has 1 N–H and O–H groups in total. The number of halogens is 4. The number of alkyl halides is 3. The maximum atomic E-state index is 12.8. The van der Waals surface area contributed by atoms with Crippen molar-refractivity contribution < 1.29 is 13.2 Å². The maximum absolute atomic E-state index is 12.8. The first-order chi connectivity index (χ1) is 9.29. The lowest BCUT2D eigenvalue weighted by Gasteiger charge is -2.03. The summed E-state index contributed by atoms with van der Waals surface area (Å²) in [4.78, 5) is 15.5. The van der Waals surface area contributed by atoms with E-state index in [1.165, 1.54) is 19.2 Å². The number of aromatic nitrogens is 2. The average Bonchev–Trinajstić information content (AvgIpc) is 2.65. The summed E-state index contributed by atoms with van der Waals surface area (Å²) in [6.07, 6.45) is -3.76. The van der Waals surface area contributed by atoms with Crippen LogP contribution in [0.4, 0.5) is 18.9 Å². The molecule has 1 aromatic heterocycles. The number of hydrogen-bond donors (Lipinski definition) is 1. The van der Waals surface area contributed by atoms with Gasteiger partial charge in [-0.1, -0.05) is 11.6 Å². The predicted molar refractivity (Wildman–Crippen MR) is 69.7 cm³/mol. The van der Waals surface area contributed by atoms with Crippen molar-refractivity contribution >= 4 is 23.5 Å². The van der Waals surface area contributed by atoms with Crippen molar-refractivity contribution in [1.82, 2.24) is 9.78 Å². The van der Waals surface area contributed by atoms with E-state index < -0.39 is 23.0 Å². The highest BCUT2D eigenvalue weighted by atomic mass is 35.5. The molecule has 106 valence electrons. The minimum Gasteiger partial charge on any atom is -0.291 e. The third kappa shape index (κ3) is 2.93. The Morgan fingerprint density at radius 3 is 2.45 bits per heavy atom. The monoisotopic (exact) mass is 303 g/mol. The third-order valence-corrected chi connectivity index (χ3v) is 2.79. The lowest BCUT2D eigenvalue weighted by atomic mass is 10.2. The Balaban J connectivity index is 2.43. The van der Waals surface area contributed by atoms with E-state index in [1.54, 1.807) is 12.1 Å². The Morgan fingerprint density at radius 2 is 1.90 bits per heavy atom. The van der Waals surface area contributed by atoms with Gasteiger partial charge in [0.1, 0.15) is 0 Å². The summed E-state index contributed by atoms with van der Waals surface area (Å²) < 4.78 is 39.0. The molecule has 0 aliphatic heterocycles. The Hall–Kier alpha value is -2.02. The normalized spacial score (nSPS) is 12.2. The molecule has 0 saturated heterocycles. The Kier molecular flexibility index (Phi) is 3.71. The predicted octanol–water partition coefficient (Wildman–Crippen LogP) is 3.14. The fourth-order valence-electron chi connectivity index (χ4n) is 1.57. The van der Waals surface area contributed by atoms with Gasteiger partial charge in [-0.05, 0) is 24.3 Å². The maximum Gasteiger partial charge on any atom is 0.433 e. The SMILES string of the molecule is Cn1[nH]c(C(F)(F)F)c(C=Nc2ccc(Cl)cc2)c1=O. The van der Waals surface area contributed by atoms with Crippen LogP contribution < -0.4 is 5.56 Å². The first-order valence-corrected chi connectivity index (χ1v) is 5.82. The molecule has 4 nitrogen and oxygen atoms in total. The van der Waals surface area contributed by atoms with Crippen molar-refractivity contribution in [1.29, 1.82) is 0 Å². The summed E-state index contributed by atoms with van der Waals surface area (Å²) in [7, 11) is 1.21. The Bertz CT molecular complexity index is 698. The molecule has 0 fully saturated rings. The average molecular weight is 304 g/mol. The zero-order chi connectivity index (χ0) is 14.9. The van der Waals surface area contributed by atoms with E-state index in [1.807, 2.05) is 5.10 Å². The van der Waals surface area contributed by atoms with Gasteiger partial charge < -0.3 is 0 Å². The molecule has 0 atom stereocenters. The summed E-state index contributed by atoms with van der Waals surface area (Å²) >= 11 is 5.68. The van der Waals surface area contributed by atoms with Crippen LogP contribution in [0.5, 0.6) is 0 Å². The molecule has 1 heterocycles. The van der Waals surface area contributed by atoms with Crippen LogP contribution in [-0.2, 0) is 13.2 Å². The fourth-order valence-corrected chi connectivity index (χ4v) is 1.69. The van der Waals surface area contributed by atoms with Crippen molar-refractivity contribution in [3.63, 3.8) is 0 Å². The second kappa shape index (κ2) is 5.16. The van der Waals surface area contributed by atoms with E-state index in [2.05, 4.69) is 4.99 Å². The van der Waals surface area contributed by atoms with Gasteiger partial charge in [0.15, 0.2) is 5.69 Å². The summed E-state index contributed by atoms with van der Waals surface area (Å²) in [5.41, 5.74) is -2.06. The minimum absolute atomic E-state index is 0.394. The van der Waals surface area contributed by atoms with Crippen molar-refractivity contribution in [3.05, 3.63) is 50.9 Å². The van der Waals surface area contributed by atoms with Crippen LogP contribution in [0.1, 0.15) is 11.3 Å². The topological polar surface area (TPSA) is 50.1 Å². The number of benzene rings is 1. The van der Waals surface area contributed by atoms with Gasteiger partial charge in [-0.15, -0.1) is 0 Å². The van der Waals surface area contributed by atoms with Gasteiger partial charge in [-0.3, -0.25) is 19.6 Å². The van der Waals surface area contributed by atoms with E-state index in [0.29, 0.717) is 10.7 Å². The van der Waals surface area contributed by atoms with Crippen LogP contribution in [0.25, 0.3) is 0 Å². The smallest absolute Gasteiger partial charge is 0.291 e. The summed E-state index contributed by atoms with van der Waals surface area (Å²) in [5.74, 6) is 0. The molecule has 2 aromatic rings.